The van der Waals surface area contributed by atoms with Gasteiger partial charge in [0.25, 0.3) is 0 Å². The monoisotopic (exact) mass is 261 g/mol. The van der Waals surface area contributed by atoms with Crippen LogP contribution in [0.3, 0.4) is 0 Å². The van der Waals surface area contributed by atoms with Crippen LogP contribution in [0.5, 0.6) is 0 Å². The van der Waals surface area contributed by atoms with Crippen LogP contribution in [0.25, 0.3) is 0 Å². The highest BCUT2D eigenvalue weighted by Crippen LogP contribution is 2.28. The maximum Gasteiger partial charge on any atom is 0.325 e. The molecule has 3 heteroatoms. The van der Waals surface area contributed by atoms with Crippen molar-refractivity contribution in [2.24, 2.45) is 11.8 Å². The first-order valence-electron chi connectivity index (χ1n) is 7.18. The van der Waals surface area contributed by atoms with Crippen molar-refractivity contribution in [3.05, 3.63) is 35.9 Å². The molecule has 0 aliphatic heterocycles. The molecular weight excluding hydrogens is 238 g/mol. The van der Waals surface area contributed by atoms with Crippen LogP contribution < -0.4 is 5.32 Å². The zero-order chi connectivity index (χ0) is 13.7. The Hall–Kier alpha value is -1.35. The third-order valence-corrected chi connectivity index (χ3v) is 4.04. The second kappa shape index (κ2) is 6.71. The van der Waals surface area contributed by atoms with E-state index >= 15 is 0 Å². The number of carboxylic acid groups (broad SMARTS) is 1. The molecule has 2 unspecified atom stereocenters. The van der Waals surface area contributed by atoms with E-state index in [-0.39, 0.29) is 0 Å². The fourth-order valence-corrected chi connectivity index (χ4v) is 3.02. The largest absolute Gasteiger partial charge is 0.480 e. The van der Waals surface area contributed by atoms with Crippen LogP contribution in [-0.4, -0.2) is 17.6 Å². The number of carbonyl (C=O) groups is 1. The van der Waals surface area contributed by atoms with Gasteiger partial charge in [0.2, 0.25) is 0 Å². The van der Waals surface area contributed by atoms with Crippen molar-refractivity contribution in [1.82, 2.24) is 5.32 Å². The van der Waals surface area contributed by atoms with Crippen molar-refractivity contribution in [3.63, 3.8) is 0 Å². The van der Waals surface area contributed by atoms with Crippen molar-refractivity contribution >= 4 is 5.97 Å². The normalized spacial score (nSPS) is 24.9. The first kappa shape index (κ1) is 14.1. The van der Waals surface area contributed by atoms with Crippen LogP contribution in [0.4, 0.5) is 0 Å². The highest BCUT2D eigenvalue weighted by atomic mass is 16.4. The van der Waals surface area contributed by atoms with E-state index in [0.29, 0.717) is 5.92 Å². The van der Waals surface area contributed by atoms with Crippen molar-refractivity contribution in [2.75, 3.05) is 6.54 Å². The Bertz CT molecular complexity index is 404. The minimum absolute atomic E-state index is 0.585. The van der Waals surface area contributed by atoms with Crippen molar-refractivity contribution in [1.29, 1.82) is 0 Å². The minimum Gasteiger partial charge on any atom is -0.480 e. The number of aliphatic carboxylic acids is 1. The lowest BCUT2D eigenvalue weighted by molar-refractivity contribution is -0.139. The molecule has 1 aromatic rings. The summed E-state index contributed by atoms with van der Waals surface area (Å²) in [6.07, 6.45) is 5.03. The predicted molar refractivity (Wildman–Crippen MR) is 75.9 cm³/mol. The molecule has 2 N–H and O–H groups in total. The predicted octanol–water partition coefficient (Wildman–Crippen LogP) is 3.23. The van der Waals surface area contributed by atoms with Crippen molar-refractivity contribution in [2.45, 2.75) is 38.6 Å². The molecule has 0 radical (unpaired) electrons. The number of rotatable bonds is 5. The summed E-state index contributed by atoms with van der Waals surface area (Å²) in [5, 5.41) is 12.6. The lowest BCUT2D eigenvalue weighted by atomic mass is 9.82. The molecule has 3 atom stereocenters. The summed E-state index contributed by atoms with van der Waals surface area (Å²) in [4.78, 5) is 11.4. The molecule has 0 heterocycles. The van der Waals surface area contributed by atoms with Gasteiger partial charge in [-0.15, -0.1) is 0 Å². The SMILES string of the molecule is CC1CCCC(CN[C@@H](C(=O)O)c2ccccc2)C1. The first-order valence-corrected chi connectivity index (χ1v) is 7.18. The molecule has 0 spiro atoms. The van der Waals surface area contributed by atoms with Gasteiger partial charge in [0.05, 0.1) is 0 Å². The van der Waals surface area contributed by atoms with Crippen LogP contribution in [0.15, 0.2) is 30.3 Å². The smallest absolute Gasteiger partial charge is 0.325 e. The van der Waals surface area contributed by atoms with Gasteiger partial charge in [0.15, 0.2) is 0 Å². The van der Waals surface area contributed by atoms with E-state index in [1.54, 1.807) is 0 Å². The van der Waals surface area contributed by atoms with Gasteiger partial charge >= 0.3 is 5.97 Å². The van der Waals surface area contributed by atoms with Gasteiger partial charge in [-0.05, 0) is 36.8 Å². The van der Waals surface area contributed by atoms with Crippen LogP contribution >= 0.6 is 0 Å². The summed E-state index contributed by atoms with van der Waals surface area (Å²) < 4.78 is 0. The highest BCUT2D eigenvalue weighted by molar-refractivity contribution is 5.75. The van der Waals surface area contributed by atoms with Gasteiger partial charge in [-0.3, -0.25) is 4.79 Å². The van der Waals surface area contributed by atoms with Crippen LogP contribution in [0.1, 0.15) is 44.2 Å². The highest BCUT2D eigenvalue weighted by Gasteiger charge is 2.23. The minimum atomic E-state index is -0.796. The molecule has 0 amide bonds. The number of nitrogens with one attached hydrogen (secondary N) is 1. The maximum atomic E-state index is 11.4. The second-order valence-electron chi connectivity index (χ2n) is 5.73. The van der Waals surface area contributed by atoms with Crippen molar-refractivity contribution in [3.8, 4) is 0 Å². The summed E-state index contributed by atoms with van der Waals surface area (Å²) in [5.41, 5.74) is 0.832. The Morgan fingerprint density at radius 3 is 2.74 bits per heavy atom. The number of carboxylic acids is 1. The molecule has 0 saturated heterocycles. The molecule has 1 aliphatic carbocycles. The third-order valence-electron chi connectivity index (χ3n) is 4.04. The van der Waals surface area contributed by atoms with E-state index < -0.39 is 12.0 Å². The zero-order valence-electron chi connectivity index (χ0n) is 11.5. The second-order valence-corrected chi connectivity index (χ2v) is 5.73. The number of hydrogen-bond donors (Lipinski definition) is 2. The van der Waals surface area contributed by atoms with Gasteiger partial charge < -0.3 is 10.4 Å². The van der Waals surface area contributed by atoms with Crippen LogP contribution in [0.2, 0.25) is 0 Å². The zero-order valence-corrected chi connectivity index (χ0v) is 11.5. The average molecular weight is 261 g/mol. The summed E-state index contributed by atoms with van der Waals surface area (Å²) in [5.74, 6) is 0.602. The van der Waals surface area contributed by atoms with Gasteiger partial charge in [-0.25, -0.2) is 0 Å². The Balaban J connectivity index is 1.93. The number of benzene rings is 1. The van der Waals surface area contributed by atoms with Crippen molar-refractivity contribution < 1.29 is 9.90 Å². The molecule has 104 valence electrons. The Kier molecular flexibility index (Phi) is 4.97. The third kappa shape index (κ3) is 4.06. The van der Waals surface area contributed by atoms with E-state index in [9.17, 15) is 9.90 Å². The molecule has 1 saturated carbocycles. The molecule has 2 rings (SSSR count). The van der Waals surface area contributed by atoms with Gasteiger partial charge in [-0.1, -0.05) is 50.1 Å². The number of hydrogen-bond acceptors (Lipinski definition) is 2. The van der Waals surface area contributed by atoms with E-state index in [4.69, 9.17) is 0 Å². The van der Waals surface area contributed by atoms with Gasteiger partial charge in [-0.2, -0.15) is 0 Å². The lowest BCUT2D eigenvalue weighted by Gasteiger charge is -2.28. The van der Waals surface area contributed by atoms with E-state index in [2.05, 4.69) is 12.2 Å². The quantitative estimate of drug-likeness (QED) is 0.855. The Labute approximate surface area is 115 Å². The molecule has 1 aromatic carbocycles. The lowest BCUT2D eigenvalue weighted by Crippen LogP contribution is -2.34. The topological polar surface area (TPSA) is 49.3 Å². The average Bonchev–Trinajstić information content (AvgIpc) is 2.40. The summed E-state index contributed by atoms with van der Waals surface area (Å²) >= 11 is 0. The van der Waals surface area contributed by atoms with E-state index in [1.165, 1.54) is 25.7 Å². The van der Waals surface area contributed by atoms with Gasteiger partial charge in [0, 0.05) is 0 Å². The van der Waals surface area contributed by atoms with Crippen LogP contribution in [-0.2, 0) is 4.79 Å². The first-order chi connectivity index (χ1) is 9.16. The molecule has 3 nitrogen and oxygen atoms in total. The summed E-state index contributed by atoms with van der Waals surface area (Å²) in [6, 6.07) is 8.83. The van der Waals surface area contributed by atoms with Gasteiger partial charge in [0.1, 0.15) is 6.04 Å². The molecule has 1 fully saturated rings. The standard InChI is InChI=1S/C16H23NO2/c1-12-6-5-7-13(10-12)11-17-15(16(18)19)14-8-3-2-4-9-14/h2-4,8-9,12-13,15,17H,5-7,10-11H2,1H3,(H,18,19)/t12?,13?,15-/m1/s1. The van der Waals surface area contributed by atoms with E-state index in [0.717, 1.165) is 18.0 Å². The molecule has 0 aromatic heterocycles. The summed E-state index contributed by atoms with van der Waals surface area (Å²) in [7, 11) is 0. The Morgan fingerprint density at radius 2 is 2.11 bits per heavy atom. The molecular formula is C16H23NO2. The fraction of sp³-hybridized carbons (Fsp3) is 0.562. The molecule has 19 heavy (non-hydrogen) atoms. The van der Waals surface area contributed by atoms with Crippen LogP contribution in [0, 0.1) is 11.8 Å². The van der Waals surface area contributed by atoms with E-state index in [1.807, 2.05) is 30.3 Å². The fourth-order valence-electron chi connectivity index (χ4n) is 3.02. The molecule has 1 aliphatic rings. The summed E-state index contributed by atoms with van der Waals surface area (Å²) in [6.45, 7) is 3.09. The molecule has 0 bridgehead atoms. The Morgan fingerprint density at radius 1 is 1.37 bits per heavy atom. The maximum absolute atomic E-state index is 11.4.